The van der Waals surface area contributed by atoms with Crippen molar-refractivity contribution in [2.75, 3.05) is 20.1 Å². The molecule has 0 spiro atoms. The van der Waals surface area contributed by atoms with Gasteiger partial charge in [-0.15, -0.1) is 0 Å². The van der Waals surface area contributed by atoms with Crippen molar-refractivity contribution < 1.29 is 9.53 Å². The number of hydrogen-bond donors (Lipinski definition) is 3. The number of aliphatic imine (C=N–C) groups is 1. The van der Waals surface area contributed by atoms with E-state index < -0.39 is 0 Å². The van der Waals surface area contributed by atoms with Crippen molar-refractivity contribution >= 4 is 11.9 Å². The Morgan fingerprint density at radius 1 is 1.28 bits per heavy atom. The molecule has 6 nitrogen and oxygen atoms in total. The lowest BCUT2D eigenvalue weighted by atomic mass is 10.2. The molecule has 1 rings (SSSR count). The van der Waals surface area contributed by atoms with Crippen molar-refractivity contribution in [1.82, 2.24) is 16.0 Å². The first kappa shape index (κ1) is 20.8. The van der Waals surface area contributed by atoms with Crippen LogP contribution in [0.1, 0.15) is 39.2 Å². The monoisotopic (exact) mass is 348 g/mol. The van der Waals surface area contributed by atoms with E-state index in [4.69, 9.17) is 4.74 Å². The molecular weight excluding hydrogens is 316 g/mol. The normalized spacial score (nSPS) is 13.7. The van der Waals surface area contributed by atoms with E-state index in [0.717, 1.165) is 12.2 Å². The van der Waals surface area contributed by atoms with Gasteiger partial charge in [0.05, 0.1) is 6.54 Å². The SMILES string of the molecule is CCC(C)NC(=O)CCNC(=NC)NCC(C)Oc1cccc(C)c1. The minimum atomic E-state index is -0.00551. The van der Waals surface area contributed by atoms with Gasteiger partial charge in [-0.1, -0.05) is 19.1 Å². The molecule has 2 unspecified atom stereocenters. The third kappa shape index (κ3) is 8.98. The Morgan fingerprint density at radius 3 is 2.68 bits per heavy atom. The van der Waals surface area contributed by atoms with Gasteiger partial charge < -0.3 is 20.7 Å². The first-order valence-electron chi connectivity index (χ1n) is 8.91. The van der Waals surface area contributed by atoms with E-state index in [-0.39, 0.29) is 18.1 Å². The van der Waals surface area contributed by atoms with E-state index in [1.165, 1.54) is 5.56 Å². The molecular formula is C19H32N4O2. The number of rotatable bonds is 9. The van der Waals surface area contributed by atoms with E-state index >= 15 is 0 Å². The number of amides is 1. The van der Waals surface area contributed by atoms with E-state index in [9.17, 15) is 4.79 Å². The molecule has 0 aliphatic rings. The zero-order valence-corrected chi connectivity index (χ0v) is 16.1. The first-order valence-corrected chi connectivity index (χ1v) is 8.91. The number of nitrogens with one attached hydrogen (secondary N) is 3. The van der Waals surface area contributed by atoms with E-state index in [1.807, 2.05) is 45.0 Å². The second kappa shape index (κ2) is 11.3. The van der Waals surface area contributed by atoms with Crippen LogP contribution in [0.15, 0.2) is 29.3 Å². The van der Waals surface area contributed by atoms with Gasteiger partial charge in [-0.2, -0.15) is 0 Å². The predicted molar refractivity (Wildman–Crippen MR) is 103 cm³/mol. The maximum Gasteiger partial charge on any atom is 0.221 e. The Labute approximate surface area is 151 Å². The minimum Gasteiger partial charge on any atom is -0.489 e. The summed E-state index contributed by atoms with van der Waals surface area (Å²) in [6, 6.07) is 8.20. The van der Waals surface area contributed by atoms with Crippen LogP contribution in [0, 0.1) is 6.92 Å². The molecule has 0 bridgehead atoms. The molecule has 0 radical (unpaired) electrons. The van der Waals surface area contributed by atoms with Gasteiger partial charge in [0.25, 0.3) is 0 Å². The van der Waals surface area contributed by atoms with Crippen LogP contribution in [0.3, 0.4) is 0 Å². The Balaban J connectivity index is 2.28. The molecule has 6 heteroatoms. The standard InChI is InChI=1S/C19H32N4O2/c1-6-15(3)23-18(24)10-11-21-19(20-5)22-13-16(4)25-17-9-7-8-14(2)12-17/h7-9,12,15-16H,6,10-11,13H2,1-5H3,(H,23,24)(H2,20,21,22). The summed E-state index contributed by atoms with van der Waals surface area (Å²) in [5, 5.41) is 9.30. The van der Waals surface area contributed by atoms with E-state index in [1.54, 1.807) is 7.05 Å². The predicted octanol–water partition coefficient (Wildman–Crippen LogP) is 2.23. The van der Waals surface area contributed by atoms with Crippen molar-refractivity contribution in [3.8, 4) is 5.75 Å². The van der Waals surface area contributed by atoms with Crippen molar-refractivity contribution in [2.45, 2.75) is 52.7 Å². The fourth-order valence-corrected chi connectivity index (χ4v) is 2.17. The number of carbonyl (C=O) groups is 1. The van der Waals surface area contributed by atoms with Gasteiger partial charge in [-0.25, -0.2) is 0 Å². The maximum atomic E-state index is 11.7. The van der Waals surface area contributed by atoms with Gasteiger partial charge in [-0.3, -0.25) is 9.79 Å². The third-order valence-corrected chi connectivity index (χ3v) is 3.77. The minimum absolute atomic E-state index is 0.00551. The molecule has 1 aromatic rings. The largest absolute Gasteiger partial charge is 0.489 e. The molecule has 1 amide bonds. The molecule has 25 heavy (non-hydrogen) atoms. The van der Waals surface area contributed by atoms with E-state index in [2.05, 4.69) is 27.9 Å². The summed E-state index contributed by atoms with van der Waals surface area (Å²) in [5.74, 6) is 1.57. The molecule has 0 saturated heterocycles. The summed E-state index contributed by atoms with van der Waals surface area (Å²) in [6.07, 6.45) is 1.34. The van der Waals surface area contributed by atoms with Crippen LogP contribution in [-0.2, 0) is 4.79 Å². The lowest BCUT2D eigenvalue weighted by Crippen LogP contribution is -2.43. The molecule has 0 aliphatic carbocycles. The average Bonchev–Trinajstić information content (AvgIpc) is 2.57. The molecule has 3 N–H and O–H groups in total. The highest BCUT2D eigenvalue weighted by molar-refractivity contribution is 5.81. The van der Waals surface area contributed by atoms with Gasteiger partial charge >= 0.3 is 0 Å². The Bertz CT molecular complexity index is 560. The smallest absolute Gasteiger partial charge is 0.221 e. The second-order valence-electron chi connectivity index (χ2n) is 6.25. The van der Waals surface area contributed by atoms with Crippen molar-refractivity contribution in [2.24, 2.45) is 4.99 Å². The Morgan fingerprint density at radius 2 is 2.04 bits per heavy atom. The number of aryl methyl sites for hydroxylation is 1. The summed E-state index contributed by atoms with van der Waals surface area (Å²) in [5.41, 5.74) is 1.17. The number of hydrogen-bond acceptors (Lipinski definition) is 3. The highest BCUT2D eigenvalue weighted by atomic mass is 16.5. The molecule has 0 fully saturated rings. The van der Waals surface area contributed by atoms with Gasteiger partial charge in [-0.05, 0) is 44.9 Å². The number of ether oxygens (including phenoxy) is 1. The van der Waals surface area contributed by atoms with Crippen molar-refractivity contribution in [3.63, 3.8) is 0 Å². The fourth-order valence-electron chi connectivity index (χ4n) is 2.17. The number of carbonyl (C=O) groups excluding carboxylic acids is 1. The lowest BCUT2D eigenvalue weighted by molar-refractivity contribution is -0.121. The molecule has 140 valence electrons. The topological polar surface area (TPSA) is 74.8 Å². The third-order valence-electron chi connectivity index (χ3n) is 3.77. The van der Waals surface area contributed by atoms with Crippen LogP contribution in [-0.4, -0.2) is 44.1 Å². The quantitative estimate of drug-likeness (QED) is 0.473. The molecule has 1 aromatic carbocycles. The fraction of sp³-hybridized carbons (Fsp3) is 0.579. The Kier molecular flexibility index (Phi) is 9.43. The first-order chi connectivity index (χ1) is 11.9. The average molecular weight is 348 g/mol. The van der Waals surface area contributed by atoms with Crippen LogP contribution in [0.4, 0.5) is 0 Å². The number of nitrogens with zero attached hydrogens (tertiary/aromatic N) is 1. The zero-order chi connectivity index (χ0) is 18.7. The number of guanidine groups is 1. The summed E-state index contributed by atoms with van der Waals surface area (Å²) in [7, 11) is 1.71. The van der Waals surface area contributed by atoms with E-state index in [0.29, 0.717) is 25.5 Å². The van der Waals surface area contributed by atoms with Crippen LogP contribution < -0.4 is 20.7 Å². The maximum absolute atomic E-state index is 11.7. The van der Waals surface area contributed by atoms with Gasteiger partial charge in [0.1, 0.15) is 11.9 Å². The molecule has 2 atom stereocenters. The summed E-state index contributed by atoms with van der Waals surface area (Å²) >= 11 is 0. The van der Waals surface area contributed by atoms with Crippen LogP contribution in [0.25, 0.3) is 0 Å². The zero-order valence-electron chi connectivity index (χ0n) is 16.1. The van der Waals surface area contributed by atoms with Crippen LogP contribution in [0.5, 0.6) is 5.75 Å². The van der Waals surface area contributed by atoms with Crippen molar-refractivity contribution in [3.05, 3.63) is 29.8 Å². The molecule has 0 aromatic heterocycles. The summed E-state index contributed by atoms with van der Waals surface area (Å²) in [4.78, 5) is 15.9. The Hall–Kier alpha value is -2.24. The van der Waals surface area contributed by atoms with Crippen molar-refractivity contribution in [1.29, 1.82) is 0 Å². The van der Waals surface area contributed by atoms with Gasteiger partial charge in [0.15, 0.2) is 5.96 Å². The van der Waals surface area contributed by atoms with Gasteiger partial charge in [0.2, 0.25) is 5.91 Å². The van der Waals surface area contributed by atoms with Crippen LogP contribution >= 0.6 is 0 Å². The highest BCUT2D eigenvalue weighted by Crippen LogP contribution is 2.13. The second-order valence-corrected chi connectivity index (χ2v) is 6.25. The summed E-state index contributed by atoms with van der Waals surface area (Å²) in [6.45, 7) is 9.25. The van der Waals surface area contributed by atoms with Crippen LogP contribution in [0.2, 0.25) is 0 Å². The molecule has 0 aliphatic heterocycles. The van der Waals surface area contributed by atoms with Gasteiger partial charge in [0, 0.05) is 26.1 Å². The lowest BCUT2D eigenvalue weighted by Gasteiger charge is -2.18. The summed E-state index contributed by atoms with van der Waals surface area (Å²) < 4.78 is 5.88. The molecule has 0 saturated carbocycles. The highest BCUT2D eigenvalue weighted by Gasteiger charge is 2.08. The number of benzene rings is 1. The molecule has 0 heterocycles.